The van der Waals surface area contributed by atoms with Crippen molar-refractivity contribution in [1.29, 1.82) is 0 Å². The predicted molar refractivity (Wildman–Crippen MR) is 86.7 cm³/mol. The number of hydrogen-bond donors (Lipinski definition) is 1. The van der Waals surface area contributed by atoms with Crippen LogP contribution in [0.1, 0.15) is 25.5 Å². The number of sulfone groups is 1. The number of amides is 1. The van der Waals surface area contributed by atoms with Gasteiger partial charge in [0.2, 0.25) is 5.91 Å². The van der Waals surface area contributed by atoms with Crippen molar-refractivity contribution in [1.82, 2.24) is 10.3 Å². The first kappa shape index (κ1) is 16.7. The van der Waals surface area contributed by atoms with Crippen LogP contribution in [0.15, 0.2) is 18.2 Å². The monoisotopic (exact) mass is 325 g/mol. The summed E-state index contributed by atoms with van der Waals surface area (Å²) in [7, 11) is -3.34. The molecule has 22 heavy (non-hydrogen) atoms. The minimum atomic E-state index is -3.34. The van der Waals surface area contributed by atoms with E-state index in [0.717, 1.165) is 43.7 Å². The van der Waals surface area contributed by atoms with E-state index in [9.17, 15) is 13.2 Å². The van der Waals surface area contributed by atoms with Gasteiger partial charge in [0.1, 0.15) is 11.1 Å². The number of carbonyl (C=O) groups is 1. The normalized spacial score (nSPS) is 18.0. The van der Waals surface area contributed by atoms with Crippen molar-refractivity contribution >= 4 is 21.6 Å². The topological polar surface area (TPSA) is 79.4 Å². The summed E-state index contributed by atoms with van der Waals surface area (Å²) in [5.41, 5.74) is 0.981. The molecule has 1 saturated heterocycles. The molecule has 6 nitrogen and oxygen atoms in total. The Morgan fingerprint density at radius 1 is 1.36 bits per heavy atom. The number of piperidine rings is 1. The fourth-order valence-electron chi connectivity index (χ4n) is 2.47. The molecule has 1 aromatic heterocycles. The number of hydrogen-bond acceptors (Lipinski definition) is 5. The first-order valence-electron chi connectivity index (χ1n) is 7.45. The molecule has 1 aliphatic rings. The largest absolute Gasteiger partial charge is 0.356 e. The van der Waals surface area contributed by atoms with Gasteiger partial charge >= 0.3 is 0 Å². The van der Waals surface area contributed by atoms with Gasteiger partial charge in [0, 0.05) is 31.1 Å². The van der Waals surface area contributed by atoms with Crippen molar-refractivity contribution < 1.29 is 13.2 Å². The highest BCUT2D eigenvalue weighted by atomic mass is 32.2. The van der Waals surface area contributed by atoms with Crippen molar-refractivity contribution in [2.24, 2.45) is 0 Å². The lowest BCUT2D eigenvalue weighted by Gasteiger charge is -2.33. The van der Waals surface area contributed by atoms with Gasteiger partial charge in [0.15, 0.2) is 9.84 Å². The Hall–Kier alpha value is -1.63. The van der Waals surface area contributed by atoms with Crippen molar-refractivity contribution in [2.75, 3.05) is 24.2 Å². The second-order valence-corrected chi connectivity index (χ2v) is 8.24. The maximum atomic E-state index is 11.9. The molecule has 0 saturated carbocycles. The van der Waals surface area contributed by atoms with Crippen molar-refractivity contribution in [3.8, 4) is 0 Å². The summed E-state index contributed by atoms with van der Waals surface area (Å²) in [6.07, 6.45) is 2.67. The van der Waals surface area contributed by atoms with Crippen LogP contribution in [0.3, 0.4) is 0 Å². The number of rotatable bonds is 4. The Balaban J connectivity index is 1.89. The van der Waals surface area contributed by atoms with Crippen molar-refractivity contribution in [3.05, 3.63) is 23.9 Å². The Bertz CT molecular complexity index is 637. The van der Waals surface area contributed by atoms with Gasteiger partial charge in [0.05, 0.1) is 0 Å². The van der Waals surface area contributed by atoms with Crippen LogP contribution in [0.4, 0.5) is 5.82 Å². The van der Waals surface area contributed by atoms with Crippen LogP contribution in [0.25, 0.3) is 0 Å². The molecule has 7 heteroatoms. The summed E-state index contributed by atoms with van der Waals surface area (Å²) in [4.78, 5) is 18.6. The maximum absolute atomic E-state index is 11.9. The highest BCUT2D eigenvalue weighted by Gasteiger charge is 2.27. The zero-order chi connectivity index (χ0) is 16.3. The first-order valence-corrected chi connectivity index (χ1v) is 9.40. The molecule has 0 unspecified atom stereocenters. The summed E-state index contributed by atoms with van der Waals surface area (Å²) in [6.45, 7) is 4.99. The molecule has 122 valence electrons. The fourth-order valence-corrected chi connectivity index (χ4v) is 2.93. The van der Waals surface area contributed by atoms with E-state index in [1.54, 1.807) is 0 Å². The van der Waals surface area contributed by atoms with Crippen LogP contribution in [-0.2, 0) is 14.6 Å². The second-order valence-electron chi connectivity index (χ2n) is 5.88. The molecule has 1 fully saturated rings. The van der Waals surface area contributed by atoms with Crippen molar-refractivity contribution in [3.63, 3.8) is 0 Å². The Kier molecular flexibility index (Phi) is 5.05. The second kappa shape index (κ2) is 6.64. The zero-order valence-corrected chi connectivity index (χ0v) is 14.1. The van der Waals surface area contributed by atoms with E-state index in [0.29, 0.717) is 0 Å². The van der Waals surface area contributed by atoms with Crippen LogP contribution < -0.4 is 10.2 Å². The van der Waals surface area contributed by atoms with Gasteiger partial charge in [-0.05, 0) is 38.8 Å². The lowest BCUT2D eigenvalue weighted by molar-refractivity contribution is -0.121. The van der Waals surface area contributed by atoms with Crippen molar-refractivity contribution in [2.45, 2.75) is 38.0 Å². The number of anilines is 1. The third-order valence-electron chi connectivity index (χ3n) is 4.05. The van der Waals surface area contributed by atoms with Gasteiger partial charge in [-0.15, -0.1) is 0 Å². The van der Waals surface area contributed by atoms with E-state index in [-0.39, 0.29) is 6.04 Å². The Morgan fingerprint density at radius 2 is 2.00 bits per heavy atom. The number of aryl methyl sites for hydroxylation is 1. The lowest BCUT2D eigenvalue weighted by Crippen LogP contribution is -2.48. The van der Waals surface area contributed by atoms with Gasteiger partial charge in [0.25, 0.3) is 0 Å². The van der Waals surface area contributed by atoms with Gasteiger partial charge in [-0.1, -0.05) is 6.07 Å². The molecule has 0 spiro atoms. The average Bonchev–Trinajstić information content (AvgIpc) is 2.46. The third kappa shape index (κ3) is 4.19. The Labute approximate surface area is 131 Å². The van der Waals surface area contributed by atoms with Crippen LogP contribution in [-0.4, -0.2) is 49.9 Å². The molecule has 1 aromatic rings. The molecule has 0 aliphatic carbocycles. The molecular formula is C15H23N3O3S. The number of carbonyl (C=O) groups excluding carboxylic acids is 1. The van der Waals surface area contributed by atoms with E-state index < -0.39 is 21.0 Å². The van der Waals surface area contributed by atoms with Gasteiger partial charge in [-0.3, -0.25) is 4.79 Å². The standard InChI is InChI=1S/C15H23N3O3S/c1-11-5-4-6-14(16-11)18-9-7-13(8-10-18)17-15(19)12(2)22(3,20)21/h4-6,12-13H,7-10H2,1-3H3,(H,17,19)/t12-/m0/s1. The smallest absolute Gasteiger partial charge is 0.238 e. The molecule has 0 radical (unpaired) electrons. The van der Waals surface area contributed by atoms with Crippen LogP contribution >= 0.6 is 0 Å². The average molecular weight is 325 g/mol. The zero-order valence-electron chi connectivity index (χ0n) is 13.2. The number of pyridine rings is 1. The minimum Gasteiger partial charge on any atom is -0.356 e. The molecular weight excluding hydrogens is 302 g/mol. The summed E-state index contributed by atoms with van der Waals surface area (Å²) in [5, 5.41) is 1.85. The molecule has 1 atom stereocenters. The summed E-state index contributed by atoms with van der Waals surface area (Å²) in [6, 6.07) is 5.96. The third-order valence-corrected chi connectivity index (χ3v) is 5.55. The number of nitrogens with one attached hydrogen (secondary N) is 1. The van der Waals surface area contributed by atoms with Crippen LogP contribution in [0.5, 0.6) is 0 Å². The molecule has 2 rings (SSSR count). The molecule has 1 aliphatic heterocycles. The molecule has 0 bridgehead atoms. The number of nitrogens with zero attached hydrogens (tertiary/aromatic N) is 2. The van der Waals surface area contributed by atoms with Crippen LogP contribution in [0, 0.1) is 6.92 Å². The summed E-state index contributed by atoms with van der Waals surface area (Å²) < 4.78 is 22.8. The fraction of sp³-hybridized carbons (Fsp3) is 0.600. The quantitative estimate of drug-likeness (QED) is 0.890. The minimum absolute atomic E-state index is 0.0257. The molecule has 0 aromatic carbocycles. The summed E-state index contributed by atoms with van der Waals surface area (Å²) >= 11 is 0. The lowest BCUT2D eigenvalue weighted by atomic mass is 10.0. The van der Waals surface area contributed by atoms with E-state index in [1.807, 2.05) is 25.1 Å². The highest BCUT2D eigenvalue weighted by Crippen LogP contribution is 2.18. The van der Waals surface area contributed by atoms with E-state index >= 15 is 0 Å². The van der Waals surface area contributed by atoms with E-state index in [2.05, 4.69) is 15.2 Å². The maximum Gasteiger partial charge on any atom is 0.238 e. The predicted octanol–water partition coefficient (Wildman–Crippen LogP) is 0.908. The number of aromatic nitrogens is 1. The summed E-state index contributed by atoms with van der Waals surface area (Å²) in [5.74, 6) is 0.545. The molecule has 2 heterocycles. The van der Waals surface area contributed by atoms with Gasteiger partial charge in [-0.2, -0.15) is 0 Å². The van der Waals surface area contributed by atoms with E-state index in [4.69, 9.17) is 0 Å². The SMILES string of the molecule is Cc1cccc(N2CCC(NC(=O)[C@H](C)S(C)(=O)=O)CC2)n1. The van der Waals surface area contributed by atoms with Gasteiger partial charge < -0.3 is 10.2 Å². The van der Waals surface area contributed by atoms with Crippen LogP contribution in [0.2, 0.25) is 0 Å². The highest BCUT2D eigenvalue weighted by molar-refractivity contribution is 7.92. The van der Waals surface area contributed by atoms with E-state index in [1.165, 1.54) is 6.92 Å². The molecule has 1 N–H and O–H groups in total. The first-order chi connectivity index (χ1) is 10.3. The molecule has 1 amide bonds. The van der Waals surface area contributed by atoms with Gasteiger partial charge in [-0.25, -0.2) is 13.4 Å². The Morgan fingerprint density at radius 3 is 2.55 bits per heavy atom.